The molecule has 1 aliphatic heterocycles. The lowest BCUT2D eigenvalue weighted by Gasteiger charge is -2.15. The number of nitrogens with zero attached hydrogens (tertiary/aromatic N) is 1. The summed E-state index contributed by atoms with van der Waals surface area (Å²) in [5, 5.41) is 14.2. The second-order valence-electron chi connectivity index (χ2n) is 5.46. The fraction of sp³-hybridized carbons (Fsp3) is 0.500. The van der Waals surface area contributed by atoms with Gasteiger partial charge < -0.3 is 5.32 Å². The molecule has 0 unspecified atom stereocenters. The molecule has 19 heavy (non-hydrogen) atoms. The summed E-state index contributed by atoms with van der Waals surface area (Å²) >= 11 is 0. The molecule has 2 fully saturated rings. The highest BCUT2D eigenvalue weighted by Gasteiger charge is 2.52. The van der Waals surface area contributed by atoms with E-state index in [1.807, 2.05) is 30.3 Å². The number of carbonyl (C=O) groups excluding carboxylic acids is 1. The summed E-state index contributed by atoms with van der Waals surface area (Å²) in [5.41, 5.74) is 0.816. The van der Waals surface area contributed by atoms with Crippen LogP contribution < -0.4 is 5.32 Å². The Bertz CT molecular complexity index is 499. The third kappa shape index (κ3) is 2.32. The van der Waals surface area contributed by atoms with Gasteiger partial charge in [0.15, 0.2) is 0 Å². The first-order valence-electron chi connectivity index (χ1n) is 6.65. The Morgan fingerprint density at radius 1 is 1.26 bits per heavy atom. The molecule has 1 N–H and O–H groups in total. The molecular formula is C14H16N2O3. The van der Waals surface area contributed by atoms with Crippen molar-refractivity contribution in [2.45, 2.75) is 31.3 Å². The number of nitro groups is 1. The predicted molar refractivity (Wildman–Crippen MR) is 68.9 cm³/mol. The number of nitrogens with one attached hydrogen (secondary N) is 1. The zero-order chi connectivity index (χ0) is 13.4. The summed E-state index contributed by atoms with van der Waals surface area (Å²) in [7, 11) is 0. The first-order chi connectivity index (χ1) is 9.16. The van der Waals surface area contributed by atoms with E-state index < -0.39 is 18.0 Å². The van der Waals surface area contributed by atoms with Gasteiger partial charge >= 0.3 is 0 Å². The minimum absolute atomic E-state index is 0.164. The van der Waals surface area contributed by atoms with Gasteiger partial charge in [0.25, 0.3) is 0 Å². The molecule has 1 heterocycles. The normalized spacial score (nSPS) is 30.1. The third-order valence-corrected chi connectivity index (χ3v) is 4.07. The Balaban J connectivity index is 1.87. The average Bonchev–Trinajstić information content (AvgIpc) is 3.15. The molecule has 0 bridgehead atoms. The molecule has 3 atom stereocenters. The Morgan fingerprint density at radius 2 is 1.95 bits per heavy atom. The summed E-state index contributed by atoms with van der Waals surface area (Å²) in [5.74, 6) is -0.136. The van der Waals surface area contributed by atoms with Crippen LogP contribution in [0.15, 0.2) is 30.3 Å². The highest BCUT2D eigenvalue weighted by Crippen LogP contribution is 2.41. The fourth-order valence-electron chi connectivity index (χ4n) is 2.90. The molecule has 2 aliphatic rings. The number of hydrogen-bond acceptors (Lipinski definition) is 3. The zero-order valence-electron chi connectivity index (χ0n) is 10.5. The molecule has 1 aromatic rings. The maximum absolute atomic E-state index is 12.0. The molecule has 0 radical (unpaired) electrons. The van der Waals surface area contributed by atoms with E-state index in [1.165, 1.54) is 0 Å². The van der Waals surface area contributed by atoms with Gasteiger partial charge in [-0.05, 0) is 17.9 Å². The minimum atomic E-state index is -0.838. The lowest BCUT2D eigenvalue weighted by Crippen LogP contribution is -2.32. The minimum Gasteiger partial charge on any atom is -0.342 e. The van der Waals surface area contributed by atoms with Crippen molar-refractivity contribution in [1.29, 1.82) is 0 Å². The van der Waals surface area contributed by atoms with Crippen LogP contribution in [0.25, 0.3) is 0 Å². The lowest BCUT2D eigenvalue weighted by atomic mass is 9.90. The van der Waals surface area contributed by atoms with Crippen LogP contribution in [0, 0.1) is 22.0 Å². The van der Waals surface area contributed by atoms with Crippen molar-refractivity contribution in [2.24, 2.45) is 11.8 Å². The van der Waals surface area contributed by atoms with Gasteiger partial charge in [0.1, 0.15) is 12.0 Å². The number of amides is 1. The van der Waals surface area contributed by atoms with Crippen LogP contribution in [-0.4, -0.2) is 16.9 Å². The maximum atomic E-state index is 12.0. The molecule has 0 spiro atoms. The van der Waals surface area contributed by atoms with Crippen molar-refractivity contribution in [2.75, 3.05) is 0 Å². The van der Waals surface area contributed by atoms with Crippen LogP contribution >= 0.6 is 0 Å². The molecule has 100 valence electrons. The van der Waals surface area contributed by atoms with Gasteiger partial charge in [-0.15, -0.1) is 0 Å². The van der Waals surface area contributed by atoms with Crippen molar-refractivity contribution < 1.29 is 9.72 Å². The number of hydrogen-bond donors (Lipinski definition) is 1. The zero-order valence-corrected chi connectivity index (χ0v) is 10.5. The molecule has 1 aromatic carbocycles. The monoisotopic (exact) mass is 260 g/mol. The maximum Gasteiger partial charge on any atom is 0.248 e. The summed E-state index contributed by atoms with van der Waals surface area (Å²) in [6.45, 7) is 0. The smallest absolute Gasteiger partial charge is 0.248 e. The Labute approximate surface area is 111 Å². The first-order valence-corrected chi connectivity index (χ1v) is 6.65. The average molecular weight is 260 g/mol. The van der Waals surface area contributed by atoms with Crippen molar-refractivity contribution >= 4 is 5.91 Å². The summed E-state index contributed by atoms with van der Waals surface area (Å²) in [6, 6.07) is 7.88. The van der Waals surface area contributed by atoms with Crippen LogP contribution in [0.3, 0.4) is 0 Å². The van der Waals surface area contributed by atoms with Crippen LogP contribution in [0.5, 0.6) is 0 Å². The van der Waals surface area contributed by atoms with E-state index in [-0.39, 0.29) is 10.8 Å². The van der Waals surface area contributed by atoms with Crippen molar-refractivity contribution in [3.05, 3.63) is 46.0 Å². The third-order valence-electron chi connectivity index (χ3n) is 4.07. The highest BCUT2D eigenvalue weighted by molar-refractivity contribution is 5.82. The van der Waals surface area contributed by atoms with Gasteiger partial charge in [0, 0.05) is 4.92 Å². The fourth-order valence-corrected chi connectivity index (χ4v) is 2.90. The van der Waals surface area contributed by atoms with Crippen molar-refractivity contribution in [1.82, 2.24) is 5.32 Å². The first kappa shape index (κ1) is 12.1. The molecule has 1 amide bonds. The Kier molecular flexibility index (Phi) is 2.97. The van der Waals surface area contributed by atoms with Gasteiger partial charge in [0.05, 0.1) is 0 Å². The molecule has 1 aliphatic carbocycles. The molecule has 1 saturated carbocycles. The quantitative estimate of drug-likeness (QED) is 0.664. The number of benzene rings is 1. The van der Waals surface area contributed by atoms with Crippen LogP contribution in [0.4, 0.5) is 0 Å². The van der Waals surface area contributed by atoms with Crippen LogP contribution in [-0.2, 0) is 4.79 Å². The second-order valence-corrected chi connectivity index (χ2v) is 5.46. The van der Waals surface area contributed by atoms with E-state index in [0.29, 0.717) is 12.3 Å². The Hall–Kier alpha value is -1.91. The van der Waals surface area contributed by atoms with E-state index in [2.05, 4.69) is 5.32 Å². The van der Waals surface area contributed by atoms with E-state index in [1.54, 1.807) is 0 Å². The summed E-state index contributed by atoms with van der Waals surface area (Å²) < 4.78 is 0. The topological polar surface area (TPSA) is 72.2 Å². The van der Waals surface area contributed by atoms with Gasteiger partial charge in [-0.1, -0.05) is 43.2 Å². The standard InChI is InChI=1S/C14H16N2O3/c17-14-11(8-9-6-7-9)13(16(18)19)12(15-14)10-4-2-1-3-5-10/h1-5,9,11-13H,6-8H2,(H,15,17)/t11-,12+,13-/m0/s1. The van der Waals surface area contributed by atoms with Gasteiger partial charge in [-0.3, -0.25) is 14.9 Å². The lowest BCUT2D eigenvalue weighted by molar-refractivity contribution is -0.531. The molecule has 0 aromatic heterocycles. The SMILES string of the molecule is O=C1N[C@H](c2ccccc2)[C@@H]([N+](=O)[O-])[C@@H]1CC1CC1. The molecule has 5 nitrogen and oxygen atoms in total. The van der Waals surface area contributed by atoms with E-state index in [4.69, 9.17) is 0 Å². The van der Waals surface area contributed by atoms with Crippen LogP contribution in [0.1, 0.15) is 30.9 Å². The largest absolute Gasteiger partial charge is 0.342 e. The number of rotatable bonds is 4. The van der Waals surface area contributed by atoms with Crippen molar-refractivity contribution in [3.63, 3.8) is 0 Å². The van der Waals surface area contributed by atoms with Gasteiger partial charge in [-0.25, -0.2) is 0 Å². The van der Waals surface area contributed by atoms with E-state index in [0.717, 1.165) is 18.4 Å². The van der Waals surface area contributed by atoms with Crippen LogP contribution in [0.2, 0.25) is 0 Å². The summed E-state index contributed by atoms with van der Waals surface area (Å²) in [6.07, 6.45) is 2.86. The summed E-state index contributed by atoms with van der Waals surface area (Å²) in [4.78, 5) is 23.1. The van der Waals surface area contributed by atoms with E-state index in [9.17, 15) is 14.9 Å². The van der Waals surface area contributed by atoms with Gasteiger partial charge in [-0.2, -0.15) is 0 Å². The molecule has 1 saturated heterocycles. The predicted octanol–water partition coefficient (Wildman–Crippen LogP) is 1.92. The molecular weight excluding hydrogens is 244 g/mol. The van der Waals surface area contributed by atoms with Crippen molar-refractivity contribution in [3.8, 4) is 0 Å². The van der Waals surface area contributed by atoms with Gasteiger partial charge in [0.2, 0.25) is 11.9 Å². The highest BCUT2D eigenvalue weighted by atomic mass is 16.6. The Morgan fingerprint density at radius 3 is 2.53 bits per heavy atom. The second kappa shape index (κ2) is 4.64. The van der Waals surface area contributed by atoms with E-state index >= 15 is 0 Å². The molecule has 3 rings (SSSR count). The number of carbonyl (C=O) groups is 1. The molecule has 5 heteroatoms.